The minimum Gasteiger partial charge on any atom is -0.303 e. The van der Waals surface area contributed by atoms with Crippen LogP contribution in [0.5, 0.6) is 0 Å². The summed E-state index contributed by atoms with van der Waals surface area (Å²) < 4.78 is 0. The maximum Gasteiger partial charge on any atom is 0.0125 e. The normalized spacial score (nSPS) is 28.9. The number of rotatable bonds is 4. The van der Waals surface area contributed by atoms with E-state index in [1.807, 2.05) is 11.8 Å². The first kappa shape index (κ1) is 16.6. The van der Waals surface area contributed by atoms with Gasteiger partial charge in [0.1, 0.15) is 0 Å². The van der Waals surface area contributed by atoms with Crippen molar-refractivity contribution < 1.29 is 0 Å². The van der Waals surface area contributed by atoms with E-state index in [0.717, 1.165) is 17.1 Å². The number of piperidine rings is 1. The third-order valence-electron chi connectivity index (χ3n) is 5.42. The summed E-state index contributed by atoms with van der Waals surface area (Å²) >= 11 is 2.04. The zero-order valence-electron chi connectivity index (χ0n) is 14.2. The van der Waals surface area contributed by atoms with Crippen molar-refractivity contribution >= 4 is 11.8 Å². The molecule has 118 valence electrons. The lowest BCUT2D eigenvalue weighted by atomic mass is 9.93. The van der Waals surface area contributed by atoms with Crippen LogP contribution in [0.4, 0.5) is 0 Å². The van der Waals surface area contributed by atoms with Crippen molar-refractivity contribution in [3.05, 3.63) is 0 Å². The van der Waals surface area contributed by atoms with Gasteiger partial charge in [0.25, 0.3) is 0 Å². The van der Waals surface area contributed by atoms with Crippen LogP contribution in [0, 0.1) is 11.8 Å². The number of hydrogen-bond donors (Lipinski definition) is 0. The molecule has 2 atom stereocenters. The van der Waals surface area contributed by atoms with Crippen LogP contribution in [0.15, 0.2) is 0 Å². The molecule has 2 fully saturated rings. The predicted molar refractivity (Wildman–Crippen MR) is 91.6 cm³/mol. The zero-order chi connectivity index (χ0) is 14.8. The van der Waals surface area contributed by atoms with Gasteiger partial charge in [0, 0.05) is 23.9 Å². The molecule has 0 aromatic heterocycles. The summed E-state index contributed by atoms with van der Waals surface area (Å²) in [6, 6.07) is 0. The van der Waals surface area contributed by atoms with Gasteiger partial charge < -0.3 is 4.90 Å². The van der Waals surface area contributed by atoms with Crippen molar-refractivity contribution in [2.45, 2.75) is 57.7 Å². The van der Waals surface area contributed by atoms with Gasteiger partial charge in [-0.1, -0.05) is 6.92 Å². The van der Waals surface area contributed by atoms with E-state index >= 15 is 0 Å². The van der Waals surface area contributed by atoms with Crippen LogP contribution >= 0.6 is 11.8 Å². The maximum atomic E-state index is 2.74. The Labute approximate surface area is 130 Å². The second-order valence-electron chi connectivity index (χ2n) is 7.85. The summed E-state index contributed by atoms with van der Waals surface area (Å²) in [6.07, 6.45) is 6.49. The monoisotopic (exact) mass is 298 g/mol. The lowest BCUT2D eigenvalue weighted by molar-refractivity contribution is 0.141. The van der Waals surface area contributed by atoms with Gasteiger partial charge >= 0.3 is 0 Å². The Morgan fingerprint density at radius 2 is 1.75 bits per heavy atom. The highest BCUT2D eigenvalue weighted by atomic mass is 32.2. The molecule has 0 aliphatic carbocycles. The molecule has 3 heteroatoms. The molecule has 0 amide bonds. The lowest BCUT2D eigenvalue weighted by Crippen LogP contribution is -2.42. The molecule has 0 bridgehead atoms. The second kappa shape index (κ2) is 7.02. The van der Waals surface area contributed by atoms with Crippen molar-refractivity contribution in [2.75, 3.05) is 39.0 Å². The van der Waals surface area contributed by atoms with Crippen molar-refractivity contribution in [1.82, 2.24) is 9.80 Å². The van der Waals surface area contributed by atoms with Crippen LogP contribution in [0.2, 0.25) is 0 Å². The molecule has 2 rings (SSSR count). The van der Waals surface area contributed by atoms with Crippen LogP contribution in [-0.2, 0) is 0 Å². The van der Waals surface area contributed by atoms with E-state index < -0.39 is 0 Å². The van der Waals surface area contributed by atoms with Gasteiger partial charge in [-0.25, -0.2) is 0 Å². The fourth-order valence-electron chi connectivity index (χ4n) is 3.75. The van der Waals surface area contributed by atoms with E-state index in [2.05, 4.69) is 43.8 Å². The molecule has 20 heavy (non-hydrogen) atoms. The standard InChI is InChI=1S/C17H34N2S/c1-14(20-5)16-7-9-18(10-8-16)12-15-6-11-19(13-15)17(2,3)4/h14-16H,6-13H2,1-5H3/t14?,15-/m0/s1. The summed E-state index contributed by atoms with van der Waals surface area (Å²) in [6.45, 7) is 16.1. The number of nitrogens with zero attached hydrogens (tertiary/aromatic N) is 2. The van der Waals surface area contributed by atoms with Crippen LogP contribution in [-0.4, -0.2) is 59.6 Å². The van der Waals surface area contributed by atoms with E-state index in [0.29, 0.717) is 5.54 Å². The van der Waals surface area contributed by atoms with Crippen LogP contribution in [0.3, 0.4) is 0 Å². The van der Waals surface area contributed by atoms with Crippen molar-refractivity contribution in [3.8, 4) is 0 Å². The van der Waals surface area contributed by atoms with E-state index in [4.69, 9.17) is 0 Å². The Hall–Kier alpha value is 0.270. The van der Waals surface area contributed by atoms with Gasteiger partial charge in [0.15, 0.2) is 0 Å². The molecule has 2 aliphatic heterocycles. The molecule has 2 heterocycles. The number of thioether (sulfide) groups is 1. The van der Waals surface area contributed by atoms with Gasteiger partial charge in [-0.3, -0.25) is 4.90 Å². The molecule has 0 N–H and O–H groups in total. The summed E-state index contributed by atoms with van der Waals surface area (Å²) in [4.78, 5) is 5.40. The molecule has 0 aromatic rings. The minimum atomic E-state index is 0.357. The highest BCUT2D eigenvalue weighted by Gasteiger charge is 2.32. The van der Waals surface area contributed by atoms with Crippen LogP contribution in [0.1, 0.15) is 47.0 Å². The lowest BCUT2D eigenvalue weighted by Gasteiger charge is -2.36. The molecular weight excluding hydrogens is 264 g/mol. The smallest absolute Gasteiger partial charge is 0.0125 e. The first-order valence-electron chi connectivity index (χ1n) is 8.40. The molecule has 2 nitrogen and oxygen atoms in total. The zero-order valence-corrected chi connectivity index (χ0v) is 15.0. The Morgan fingerprint density at radius 3 is 2.25 bits per heavy atom. The summed E-state index contributed by atoms with van der Waals surface area (Å²) in [7, 11) is 0. The van der Waals surface area contributed by atoms with Crippen molar-refractivity contribution in [1.29, 1.82) is 0 Å². The third kappa shape index (κ3) is 4.38. The van der Waals surface area contributed by atoms with Gasteiger partial charge in [-0.15, -0.1) is 0 Å². The SMILES string of the molecule is CSC(C)C1CCN(C[C@@H]2CCN(C(C)(C)C)C2)CC1. The largest absolute Gasteiger partial charge is 0.303 e. The fraction of sp³-hybridized carbons (Fsp3) is 1.00. The van der Waals surface area contributed by atoms with Crippen LogP contribution in [0.25, 0.3) is 0 Å². The number of hydrogen-bond acceptors (Lipinski definition) is 3. The first-order chi connectivity index (χ1) is 9.40. The fourth-order valence-corrected chi connectivity index (χ4v) is 4.41. The third-order valence-corrected chi connectivity index (χ3v) is 6.55. The van der Waals surface area contributed by atoms with Crippen molar-refractivity contribution in [3.63, 3.8) is 0 Å². The first-order valence-corrected chi connectivity index (χ1v) is 9.69. The van der Waals surface area contributed by atoms with Gasteiger partial charge in [0.2, 0.25) is 0 Å². The molecule has 2 saturated heterocycles. The molecule has 0 spiro atoms. The molecule has 0 aromatic carbocycles. The second-order valence-corrected chi connectivity index (χ2v) is 9.07. The summed E-state index contributed by atoms with van der Waals surface area (Å²) in [5.41, 5.74) is 0.357. The Kier molecular flexibility index (Phi) is 5.84. The highest BCUT2D eigenvalue weighted by Crippen LogP contribution is 2.29. The van der Waals surface area contributed by atoms with Crippen LogP contribution < -0.4 is 0 Å². The predicted octanol–water partition coefficient (Wildman–Crippen LogP) is 3.57. The average molecular weight is 299 g/mol. The van der Waals surface area contributed by atoms with Gasteiger partial charge in [0.05, 0.1) is 0 Å². The Morgan fingerprint density at radius 1 is 1.10 bits per heavy atom. The molecule has 1 unspecified atom stereocenters. The molecular formula is C17H34N2S. The minimum absolute atomic E-state index is 0.357. The Balaban J connectivity index is 1.72. The van der Waals surface area contributed by atoms with Gasteiger partial charge in [-0.05, 0) is 77.8 Å². The number of likely N-dealkylation sites (tertiary alicyclic amines) is 2. The highest BCUT2D eigenvalue weighted by molar-refractivity contribution is 7.99. The average Bonchev–Trinajstić information content (AvgIpc) is 2.87. The quantitative estimate of drug-likeness (QED) is 0.783. The van der Waals surface area contributed by atoms with E-state index in [-0.39, 0.29) is 0 Å². The summed E-state index contributed by atoms with van der Waals surface area (Å²) in [5, 5.41) is 0.847. The van der Waals surface area contributed by atoms with Crippen molar-refractivity contribution in [2.24, 2.45) is 11.8 Å². The van der Waals surface area contributed by atoms with Gasteiger partial charge in [-0.2, -0.15) is 11.8 Å². The topological polar surface area (TPSA) is 6.48 Å². The molecule has 2 aliphatic rings. The molecule has 0 radical (unpaired) electrons. The maximum absolute atomic E-state index is 2.74. The summed E-state index contributed by atoms with van der Waals surface area (Å²) in [5.74, 6) is 1.86. The molecule has 0 saturated carbocycles. The van der Waals surface area contributed by atoms with E-state index in [1.165, 1.54) is 52.0 Å². The van der Waals surface area contributed by atoms with E-state index in [1.54, 1.807) is 0 Å². The van der Waals surface area contributed by atoms with E-state index in [9.17, 15) is 0 Å². The Bertz CT molecular complexity index is 292.